The van der Waals surface area contributed by atoms with Crippen LogP contribution in [0, 0.1) is 16.0 Å². The zero-order valence-corrected chi connectivity index (χ0v) is 13.3. The van der Waals surface area contributed by atoms with Crippen molar-refractivity contribution in [3.05, 3.63) is 51.4 Å². The minimum atomic E-state index is -1.15. The number of carboxylic acid groups (broad SMARTS) is 1. The number of hydrogen-bond donors (Lipinski definition) is 1. The maximum atomic E-state index is 11.7. The summed E-state index contributed by atoms with van der Waals surface area (Å²) < 4.78 is 5.20. The highest BCUT2D eigenvalue weighted by Crippen LogP contribution is 2.40. The molecule has 8 heteroatoms. The lowest BCUT2D eigenvalue weighted by Gasteiger charge is -2.30. The number of carbonyl (C=O) groups excluding carboxylic acids is 1. The quantitative estimate of drug-likeness (QED) is 0.514. The van der Waals surface area contributed by atoms with Crippen LogP contribution in [0.2, 0.25) is 0 Å². The van der Waals surface area contributed by atoms with Gasteiger partial charge in [-0.2, -0.15) is 0 Å². The van der Waals surface area contributed by atoms with Gasteiger partial charge in [-0.3, -0.25) is 24.7 Å². The average molecular weight is 332 g/mol. The van der Waals surface area contributed by atoms with Crippen molar-refractivity contribution in [1.82, 2.24) is 0 Å². The van der Waals surface area contributed by atoms with Crippen molar-refractivity contribution in [2.24, 2.45) is 10.9 Å². The number of carbonyl (C=O) groups is 2. The first-order valence-electron chi connectivity index (χ1n) is 7.14. The van der Waals surface area contributed by atoms with E-state index in [1.54, 1.807) is 19.9 Å². The molecular weight excluding hydrogens is 316 g/mol. The SMILES string of the molecule is CC(=O)OC1=C(C)N=C(C)C(C(=O)O)C1c1cccc([N+](=O)[O-])c1. The molecule has 1 aliphatic rings. The van der Waals surface area contributed by atoms with Gasteiger partial charge in [-0.1, -0.05) is 12.1 Å². The number of nitrogens with zero attached hydrogens (tertiary/aromatic N) is 2. The molecule has 126 valence electrons. The topological polar surface area (TPSA) is 119 Å². The number of esters is 1. The lowest BCUT2D eigenvalue weighted by molar-refractivity contribution is -0.384. The highest BCUT2D eigenvalue weighted by molar-refractivity contribution is 6.03. The third kappa shape index (κ3) is 3.32. The van der Waals surface area contributed by atoms with Gasteiger partial charge >= 0.3 is 11.9 Å². The van der Waals surface area contributed by atoms with Gasteiger partial charge < -0.3 is 9.84 Å². The predicted octanol–water partition coefficient (Wildman–Crippen LogP) is 2.65. The molecule has 2 rings (SSSR count). The summed E-state index contributed by atoms with van der Waals surface area (Å²) in [5, 5.41) is 20.6. The van der Waals surface area contributed by atoms with E-state index in [1.165, 1.54) is 25.1 Å². The van der Waals surface area contributed by atoms with Gasteiger partial charge in [0.1, 0.15) is 11.7 Å². The maximum Gasteiger partial charge on any atom is 0.313 e. The molecule has 0 bridgehead atoms. The lowest BCUT2D eigenvalue weighted by Crippen LogP contribution is -2.34. The molecule has 0 amide bonds. The van der Waals surface area contributed by atoms with Crippen molar-refractivity contribution in [2.75, 3.05) is 0 Å². The van der Waals surface area contributed by atoms with Gasteiger partial charge in [0.15, 0.2) is 0 Å². The standard InChI is InChI=1S/C16H16N2O6/c1-8-13(16(20)21)14(15(9(2)17-8)24-10(3)19)11-5-4-6-12(7-11)18(22)23/h4-7,13-14H,1-3H3,(H,20,21). The molecule has 1 aromatic rings. The van der Waals surface area contributed by atoms with Crippen LogP contribution >= 0.6 is 0 Å². The molecule has 1 aromatic carbocycles. The van der Waals surface area contributed by atoms with Crippen LogP contribution in [0.4, 0.5) is 5.69 Å². The normalized spacial score (nSPS) is 20.4. The number of carboxylic acids is 1. The molecule has 1 heterocycles. The Kier molecular flexibility index (Phi) is 4.77. The first kappa shape index (κ1) is 17.3. The van der Waals surface area contributed by atoms with E-state index < -0.39 is 28.7 Å². The Hall–Kier alpha value is -3.03. The first-order chi connectivity index (χ1) is 11.2. The summed E-state index contributed by atoms with van der Waals surface area (Å²) in [4.78, 5) is 37.7. The Morgan fingerprint density at radius 2 is 2.00 bits per heavy atom. The summed E-state index contributed by atoms with van der Waals surface area (Å²) in [7, 11) is 0. The number of allylic oxidation sites excluding steroid dienone is 2. The minimum absolute atomic E-state index is 0.0981. The molecule has 0 saturated heterocycles. The zero-order valence-electron chi connectivity index (χ0n) is 13.3. The highest BCUT2D eigenvalue weighted by Gasteiger charge is 2.40. The number of nitro benzene ring substituents is 1. The van der Waals surface area contributed by atoms with Crippen molar-refractivity contribution in [2.45, 2.75) is 26.7 Å². The van der Waals surface area contributed by atoms with Crippen LogP contribution in [-0.4, -0.2) is 27.7 Å². The van der Waals surface area contributed by atoms with Gasteiger partial charge in [-0.15, -0.1) is 0 Å². The van der Waals surface area contributed by atoms with Crippen LogP contribution < -0.4 is 0 Å². The molecule has 0 saturated carbocycles. The molecule has 24 heavy (non-hydrogen) atoms. The minimum Gasteiger partial charge on any atom is -0.481 e. The number of rotatable bonds is 4. The molecule has 1 aliphatic heterocycles. The second-order valence-electron chi connectivity index (χ2n) is 5.44. The molecule has 0 aliphatic carbocycles. The summed E-state index contributed by atoms with van der Waals surface area (Å²) in [5.41, 5.74) is 0.919. The Bertz CT molecular complexity index is 781. The van der Waals surface area contributed by atoms with E-state index in [0.717, 1.165) is 0 Å². The van der Waals surface area contributed by atoms with Gasteiger partial charge in [0.05, 0.1) is 16.5 Å². The number of nitro groups is 1. The number of benzene rings is 1. The molecule has 0 spiro atoms. The van der Waals surface area contributed by atoms with Crippen molar-refractivity contribution < 1.29 is 24.4 Å². The van der Waals surface area contributed by atoms with E-state index in [0.29, 0.717) is 17.0 Å². The van der Waals surface area contributed by atoms with E-state index >= 15 is 0 Å². The Morgan fingerprint density at radius 3 is 2.54 bits per heavy atom. The van der Waals surface area contributed by atoms with Gasteiger partial charge in [0.2, 0.25) is 0 Å². The van der Waals surface area contributed by atoms with Crippen LogP contribution in [0.5, 0.6) is 0 Å². The van der Waals surface area contributed by atoms with Crippen molar-refractivity contribution in [3.63, 3.8) is 0 Å². The molecule has 0 fully saturated rings. The Balaban J connectivity index is 2.65. The number of aliphatic imine (C=N–C) groups is 1. The number of aliphatic carboxylic acids is 1. The molecule has 0 aromatic heterocycles. The second kappa shape index (κ2) is 6.61. The van der Waals surface area contributed by atoms with Crippen LogP contribution in [0.1, 0.15) is 32.3 Å². The number of ether oxygens (including phenoxy) is 1. The smallest absolute Gasteiger partial charge is 0.313 e. The Labute approximate surface area is 137 Å². The summed E-state index contributed by atoms with van der Waals surface area (Å²) in [6.45, 7) is 4.37. The molecule has 2 atom stereocenters. The third-order valence-corrected chi connectivity index (χ3v) is 3.73. The van der Waals surface area contributed by atoms with Gasteiger partial charge in [-0.05, 0) is 19.4 Å². The summed E-state index contributed by atoms with van der Waals surface area (Å²) >= 11 is 0. The van der Waals surface area contributed by atoms with E-state index in [1.807, 2.05) is 0 Å². The van der Waals surface area contributed by atoms with Crippen molar-refractivity contribution in [3.8, 4) is 0 Å². The zero-order chi connectivity index (χ0) is 18.0. The highest BCUT2D eigenvalue weighted by atomic mass is 16.6. The number of non-ortho nitro benzene ring substituents is 1. The van der Waals surface area contributed by atoms with Gasteiger partial charge in [0.25, 0.3) is 5.69 Å². The van der Waals surface area contributed by atoms with Crippen molar-refractivity contribution in [1.29, 1.82) is 0 Å². The molecule has 0 radical (unpaired) electrons. The van der Waals surface area contributed by atoms with Gasteiger partial charge in [0, 0.05) is 24.8 Å². The van der Waals surface area contributed by atoms with Crippen LogP contribution in [-0.2, 0) is 14.3 Å². The van der Waals surface area contributed by atoms with E-state index in [4.69, 9.17) is 4.74 Å². The fourth-order valence-electron chi connectivity index (χ4n) is 2.80. The summed E-state index contributed by atoms with van der Waals surface area (Å²) in [6, 6.07) is 5.64. The van der Waals surface area contributed by atoms with Crippen molar-refractivity contribution >= 4 is 23.3 Å². The summed E-state index contributed by atoms with van der Waals surface area (Å²) in [6.07, 6.45) is 0. The molecule has 2 unspecified atom stereocenters. The fraction of sp³-hybridized carbons (Fsp3) is 0.312. The largest absolute Gasteiger partial charge is 0.481 e. The fourth-order valence-corrected chi connectivity index (χ4v) is 2.80. The van der Waals surface area contributed by atoms with Gasteiger partial charge in [-0.25, -0.2) is 0 Å². The van der Waals surface area contributed by atoms with E-state index in [-0.39, 0.29) is 11.4 Å². The monoisotopic (exact) mass is 332 g/mol. The molecule has 1 N–H and O–H groups in total. The third-order valence-electron chi connectivity index (χ3n) is 3.73. The van der Waals surface area contributed by atoms with E-state index in [2.05, 4.69) is 4.99 Å². The maximum absolute atomic E-state index is 11.7. The second-order valence-corrected chi connectivity index (χ2v) is 5.44. The average Bonchev–Trinajstić information content (AvgIpc) is 2.48. The predicted molar refractivity (Wildman–Crippen MR) is 84.5 cm³/mol. The lowest BCUT2D eigenvalue weighted by atomic mass is 9.79. The summed E-state index contributed by atoms with van der Waals surface area (Å²) in [5.74, 6) is -3.61. The first-order valence-corrected chi connectivity index (χ1v) is 7.14. The molecular formula is C16H16N2O6. The van der Waals surface area contributed by atoms with E-state index in [9.17, 15) is 24.8 Å². The van der Waals surface area contributed by atoms with Crippen LogP contribution in [0.15, 0.2) is 40.7 Å². The number of hydrogen-bond acceptors (Lipinski definition) is 6. The van der Waals surface area contributed by atoms with Crippen LogP contribution in [0.3, 0.4) is 0 Å². The Morgan fingerprint density at radius 1 is 1.33 bits per heavy atom. The molecule has 8 nitrogen and oxygen atoms in total. The van der Waals surface area contributed by atoms with Crippen LogP contribution in [0.25, 0.3) is 0 Å².